The standard InChI is InChI=1S/C12H15BrF3NO/c1-8(17-4-5-18-7-12(15)16)10-3-2-9(13)6-11(10)14/h2-3,6,8,12,17H,4-5,7H2,1H3. The maximum absolute atomic E-state index is 13.6. The normalized spacial score (nSPS) is 13.0. The van der Waals surface area contributed by atoms with E-state index in [1.807, 2.05) is 0 Å². The molecule has 0 aliphatic carbocycles. The zero-order valence-corrected chi connectivity index (χ0v) is 11.5. The van der Waals surface area contributed by atoms with Gasteiger partial charge in [-0.2, -0.15) is 0 Å². The lowest BCUT2D eigenvalue weighted by atomic mass is 10.1. The maximum atomic E-state index is 13.6. The molecule has 1 aromatic carbocycles. The predicted molar refractivity (Wildman–Crippen MR) is 67.3 cm³/mol. The summed E-state index contributed by atoms with van der Waals surface area (Å²) < 4.78 is 42.5. The Labute approximate surface area is 113 Å². The topological polar surface area (TPSA) is 21.3 Å². The predicted octanol–water partition coefficient (Wildman–Crippen LogP) is 3.52. The third kappa shape index (κ3) is 5.37. The van der Waals surface area contributed by atoms with E-state index in [4.69, 9.17) is 4.74 Å². The molecule has 0 amide bonds. The molecule has 102 valence electrons. The molecule has 0 bridgehead atoms. The SMILES string of the molecule is CC(NCCOCC(F)F)c1ccc(Br)cc1F. The first kappa shape index (κ1) is 15.5. The van der Waals surface area contributed by atoms with Gasteiger partial charge in [0, 0.05) is 22.6 Å². The fourth-order valence-electron chi connectivity index (χ4n) is 1.48. The monoisotopic (exact) mass is 325 g/mol. The van der Waals surface area contributed by atoms with Crippen LogP contribution in [0.25, 0.3) is 0 Å². The number of halogens is 4. The summed E-state index contributed by atoms with van der Waals surface area (Å²) in [5.74, 6) is -0.308. The van der Waals surface area contributed by atoms with E-state index >= 15 is 0 Å². The van der Waals surface area contributed by atoms with Crippen molar-refractivity contribution in [3.05, 3.63) is 34.1 Å². The number of hydrogen-bond donors (Lipinski definition) is 1. The fourth-order valence-corrected chi connectivity index (χ4v) is 1.82. The second-order valence-electron chi connectivity index (χ2n) is 3.81. The Bertz CT molecular complexity index is 376. The zero-order chi connectivity index (χ0) is 13.5. The molecular weight excluding hydrogens is 311 g/mol. The van der Waals surface area contributed by atoms with Crippen LogP contribution in [0.3, 0.4) is 0 Å². The van der Waals surface area contributed by atoms with Crippen LogP contribution in [0.15, 0.2) is 22.7 Å². The van der Waals surface area contributed by atoms with Crippen molar-refractivity contribution in [1.82, 2.24) is 5.32 Å². The highest BCUT2D eigenvalue weighted by molar-refractivity contribution is 9.10. The molecular formula is C12H15BrF3NO. The van der Waals surface area contributed by atoms with E-state index < -0.39 is 13.0 Å². The summed E-state index contributed by atoms with van der Waals surface area (Å²) in [4.78, 5) is 0. The summed E-state index contributed by atoms with van der Waals surface area (Å²) in [6.07, 6.45) is -2.45. The van der Waals surface area contributed by atoms with Crippen molar-refractivity contribution in [1.29, 1.82) is 0 Å². The third-order valence-electron chi connectivity index (χ3n) is 2.37. The highest BCUT2D eigenvalue weighted by Gasteiger charge is 2.10. The Morgan fingerprint density at radius 3 is 2.72 bits per heavy atom. The van der Waals surface area contributed by atoms with Crippen LogP contribution in [-0.2, 0) is 4.74 Å². The minimum absolute atomic E-state index is 0.173. The summed E-state index contributed by atoms with van der Waals surface area (Å²) >= 11 is 3.18. The van der Waals surface area contributed by atoms with Crippen LogP contribution in [0.1, 0.15) is 18.5 Å². The number of hydrogen-bond acceptors (Lipinski definition) is 2. The van der Waals surface area contributed by atoms with Crippen LogP contribution >= 0.6 is 15.9 Å². The molecule has 0 heterocycles. The van der Waals surface area contributed by atoms with Crippen molar-refractivity contribution in [2.45, 2.75) is 19.4 Å². The first-order valence-electron chi connectivity index (χ1n) is 5.55. The molecule has 18 heavy (non-hydrogen) atoms. The van der Waals surface area contributed by atoms with Gasteiger partial charge in [-0.25, -0.2) is 13.2 Å². The molecule has 6 heteroatoms. The highest BCUT2D eigenvalue weighted by Crippen LogP contribution is 2.20. The average molecular weight is 326 g/mol. The Kier molecular flexibility index (Phi) is 6.67. The Morgan fingerprint density at radius 2 is 2.11 bits per heavy atom. The zero-order valence-electron chi connectivity index (χ0n) is 9.93. The van der Waals surface area contributed by atoms with Crippen LogP contribution in [0.2, 0.25) is 0 Å². The van der Waals surface area contributed by atoms with Crippen molar-refractivity contribution in [2.24, 2.45) is 0 Å². The number of ether oxygens (including phenoxy) is 1. The maximum Gasteiger partial charge on any atom is 0.261 e. The molecule has 0 radical (unpaired) electrons. The summed E-state index contributed by atoms with van der Waals surface area (Å²) in [5.41, 5.74) is 0.534. The second-order valence-corrected chi connectivity index (χ2v) is 4.72. The molecule has 1 atom stereocenters. The third-order valence-corrected chi connectivity index (χ3v) is 2.86. The van der Waals surface area contributed by atoms with Gasteiger partial charge in [-0.1, -0.05) is 22.0 Å². The van der Waals surface area contributed by atoms with Crippen LogP contribution in [-0.4, -0.2) is 26.2 Å². The van der Waals surface area contributed by atoms with Gasteiger partial charge in [0.25, 0.3) is 6.43 Å². The molecule has 0 fully saturated rings. The van der Waals surface area contributed by atoms with Crippen molar-refractivity contribution in [3.8, 4) is 0 Å². The lowest BCUT2D eigenvalue weighted by Crippen LogP contribution is -2.24. The minimum atomic E-state index is -2.45. The summed E-state index contributed by atoms with van der Waals surface area (Å²) in [6.45, 7) is 1.80. The Balaban J connectivity index is 2.34. The van der Waals surface area contributed by atoms with Gasteiger partial charge in [0.05, 0.1) is 6.61 Å². The lowest BCUT2D eigenvalue weighted by molar-refractivity contribution is 0.0183. The van der Waals surface area contributed by atoms with Gasteiger partial charge in [0.1, 0.15) is 12.4 Å². The second kappa shape index (κ2) is 7.76. The van der Waals surface area contributed by atoms with Crippen LogP contribution in [0.4, 0.5) is 13.2 Å². The average Bonchev–Trinajstić information content (AvgIpc) is 2.27. The number of nitrogens with one attached hydrogen (secondary N) is 1. The highest BCUT2D eigenvalue weighted by atomic mass is 79.9. The van der Waals surface area contributed by atoms with Crippen LogP contribution in [0.5, 0.6) is 0 Å². The molecule has 0 aliphatic heterocycles. The Morgan fingerprint density at radius 1 is 1.39 bits per heavy atom. The fraction of sp³-hybridized carbons (Fsp3) is 0.500. The van der Waals surface area contributed by atoms with Crippen molar-refractivity contribution < 1.29 is 17.9 Å². The van der Waals surface area contributed by atoms with E-state index in [2.05, 4.69) is 21.2 Å². The number of alkyl halides is 2. The van der Waals surface area contributed by atoms with E-state index in [0.717, 1.165) is 0 Å². The van der Waals surface area contributed by atoms with E-state index in [9.17, 15) is 13.2 Å². The van der Waals surface area contributed by atoms with Gasteiger partial charge in [0.2, 0.25) is 0 Å². The molecule has 0 aliphatic rings. The summed E-state index contributed by atoms with van der Waals surface area (Å²) in [7, 11) is 0. The molecule has 1 unspecified atom stereocenters. The molecule has 1 aromatic rings. The van der Waals surface area contributed by atoms with Crippen LogP contribution < -0.4 is 5.32 Å². The van der Waals surface area contributed by atoms with Gasteiger partial charge < -0.3 is 10.1 Å². The van der Waals surface area contributed by atoms with Crippen molar-refractivity contribution in [3.63, 3.8) is 0 Å². The molecule has 1 rings (SSSR count). The van der Waals surface area contributed by atoms with Crippen LogP contribution in [0, 0.1) is 5.82 Å². The number of rotatable bonds is 7. The van der Waals surface area contributed by atoms with Gasteiger partial charge in [-0.15, -0.1) is 0 Å². The van der Waals surface area contributed by atoms with E-state index in [-0.39, 0.29) is 18.5 Å². The van der Waals surface area contributed by atoms with E-state index in [0.29, 0.717) is 16.6 Å². The molecule has 1 N–H and O–H groups in total. The van der Waals surface area contributed by atoms with Crippen molar-refractivity contribution in [2.75, 3.05) is 19.8 Å². The number of benzene rings is 1. The first-order valence-corrected chi connectivity index (χ1v) is 6.34. The quantitative estimate of drug-likeness (QED) is 0.774. The largest absolute Gasteiger partial charge is 0.374 e. The molecule has 2 nitrogen and oxygen atoms in total. The van der Waals surface area contributed by atoms with Gasteiger partial charge >= 0.3 is 0 Å². The van der Waals surface area contributed by atoms with Gasteiger partial charge in [-0.05, 0) is 19.1 Å². The smallest absolute Gasteiger partial charge is 0.261 e. The molecule has 0 saturated carbocycles. The van der Waals surface area contributed by atoms with E-state index in [1.165, 1.54) is 6.07 Å². The summed E-state index contributed by atoms with van der Waals surface area (Å²) in [6, 6.07) is 4.62. The Hall–Kier alpha value is -0.590. The van der Waals surface area contributed by atoms with Crippen molar-refractivity contribution >= 4 is 15.9 Å². The lowest BCUT2D eigenvalue weighted by Gasteiger charge is -2.15. The van der Waals surface area contributed by atoms with Gasteiger partial charge in [0.15, 0.2) is 0 Å². The minimum Gasteiger partial charge on any atom is -0.374 e. The van der Waals surface area contributed by atoms with Gasteiger partial charge in [-0.3, -0.25) is 0 Å². The first-order chi connectivity index (χ1) is 8.50. The molecule has 0 saturated heterocycles. The molecule has 0 spiro atoms. The summed E-state index contributed by atoms with van der Waals surface area (Å²) in [5, 5.41) is 3.01. The molecule has 0 aromatic heterocycles. The van der Waals surface area contributed by atoms with E-state index in [1.54, 1.807) is 19.1 Å².